The van der Waals surface area contributed by atoms with Crippen molar-refractivity contribution in [1.82, 2.24) is 20.0 Å². The summed E-state index contributed by atoms with van der Waals surface area (Å²) in [6.07, 6.45) is 1.75. The maximum absolute atomic E-state index is 13.5. The van der Waals surface area contributed by atoms with Gasteiger partial charge in [0, 0.05) is 51.9 Å². The molecule has 0 saturated carbocycles. The van der Waals surface area contributed by atoms with Gasteiger partial charge in [-0.3, -0.25) is 14.4 Å². The Hall–Kier alpha value is -2.32. The van der Waals surface area contributed by atoms with Crippen molar-refractivity contribution in [2.75, 3.05) is 26.8 Å². The first-order valence-electron chi connectivity index (χ1n) is 8.47. The van der Waals surface area contributed by atoms with Crippen molar-refractivity contribution in [3.63, 3.8) is 0 Å². The van der Waals surface area contributed by atoms with E-state index >= 15 is 0 Å². The number of benzene rings is 1. The summed E-state index contributed by atoms with van der Waals surface area (Å²) in [4.78, 5) is 13.8. The van der Waals surface area contributed by atoms with Crippen LogP contribution in [0.4, 0.5) is 8.78 Å². The molecular weight excluding hydrogens is 342 g/mol. The van der Waals surface area contributed by atoms with E-state index in [4.69, 9.17) is 4.74 Å². The van der Waals surface area contributed by atoms with Gasteiger partial charge in [0.2, 0.25) is 5.91 Å². The monoisotopic (exact) mass is 364 g/mol. The van der Waals surface area contributed by atoms with E-state index in [1.807, 2.05) is 10.7 Å². The maximum atomic E-state index is 13.5. The molecule has 1 aliphatic rings. The fourth-order valence-corrected chi connectivity index (χ4v) is 3.21. The highest BCUT2D eigenvalue weighted by atomic mass is 19.2. The second-order valence-corrected chi connectivity index (χ2v) is 6.53. The SMILES string of the molecule is COCC(=O)NCC1CN(Cc2ccc(F)c(F)c2)Cc2ccnn2C1. The standard InChI is InChI=1S/C18H22F2N4O2/c1-26-12-18(25)21-7-14-9-23(11-15-4-5-22-24(15)10-14)8-13-2-3-16(19)17(20)6-13/h2-6,14H,7-12H2,1H3,(H,21,25). The second kappa shape index (κ2) is 8.37. The van der Waals surface area contributed by atoms with E-state index in [1.54, 1.807) is 12.3 Å². The van der Waals surface area contributed by atoms with Crippen LogP contribution < -0.4 is 5.32 Å². The maximum Gasteiger partial charge on any atom is 0.245 e. The third-order valence-corrected chi connectivity index (χ3v) is 4.39. The lowest BCUT2D eigenvalue weighted by Crippen LogP contribution is -2.37. The van der Waals surface area contributed by atoms with E-state index in [0.717, 1.165) is 11.8 Å². The van der Waals surface area contributed by atoms with Crippen LogP contribution in [0.25, 0.3) is 0 Å². The molecule has 0 aliphatic carbocycles. The zero-order chi connectivity index (χ0) is 18.5. The van der Waals surface area contributed by atoms with Crippen LogP contribution in [0.5, 0.6) is 0 Å². The number of methoxy groups -OCH3 is 1. The van der Waals surface area contributed by atoms with E-state index in [0.29, 0.717) is 38.3 Å². The van der Waals surface area contributed by atoms with Crippen molar-refractivity contribution in [2.45, 2.75) is 19.6 Å². The highest BCUT2D eigenvalue weighted by Gasteiger charge is 2.23. The van der Waals surface area contributed by atoms with E-state index < -0.39 is 11.6 Å². The van der Waals surface area contributed by atoms with Crippen molar-refractivity contribution >= 4 is 5.91 Å². The number of halogens is 2. The molecule has 8 heteroatoms. The Morgan fingerprint density at radius 2 is 2.15 bits per heavy atom. The molecule has 2 aromatic rings. The molecular formula is C18H22F2N4O2. The van der Waals surface area contributed by atoms with Gasteiger partial charge in [-0.2, -0.15) is 5.10 Å². The largest absolute Gasteiger partial charge is 0.375 e. The third kappa shape index (κ3) is 4.64. The summed E-state index contributed by atoms with van der Waals surface area (Å²) in [7, 11) is 1.48. The fraction of sp³-hybridized carbons (Fsp3) is 0.444. The number of hydrogen-bond acceptors (Lipinski definition) is 4. The van der Waals surface area contributed by atoms with Crippen LogP contribution in [0.15, 0.2) is 30.5 Å². The summed E-state index contributed by atoms with van der Waals surface area (Å²) in [5, 5.41) is 7.20. The highest BCUT2D eigenvalue weighted by molar-refractivity contribution is 5.77. The van der Waals surface area contributed by atoms with E-state index in [9.17, 15) is 13.6 Å². The summed E-state index contributed by atoms with van der Waals surface area (Å²) >= 11 is 0. The highest BCUT2D eigenvalue weighted by Crippen LogP contribution is 2.19. The smallest absolute Gasteiger partial charge is 0.245 e. The predicted molar refractivity (Wildman–Crippen MR) is 91.1 cm³/mol. The Morgan fingerprint density at radius 3 is 2.92 bits per heavy atom. The van der Waals surface area contributed by atoms with Gasteiger partial charge in [0.15, 0.2) is 11.6 Å². The van der Waals surface area contributed by atoms with Gasteiger partial charge in [0.25, 0.3) is 0 Å². The number of rotatable bonds is 6. The van der Waals surface area contributed by atoms with Crippen LogP contribution in [0.3, 0.4) is 0 Å². The first-order valence-corrected chi connectivity index (χ1v) is 8.47. The molecule has 3 rings (SSSR count). The molecule has 140 valence electrons. The topological polar surface area (TPSA) is 59.4 Å². The molecule has 0 radical (unpaired) electrons. The first kappa shape index (κ1) is 18.5. The van der Waals surface area contributed by atoms with Crippen LogP contribution >= 0.6 is 0 Å². The Labute approximate surface area is 150 Å². The molecule has 1 unspecified atom stereocenters. The first-order chi connectivity index (χ1) is 12.5. The van der Waals surface area contributed by atoms with Gasteiger partial charge in [-0.15, -0.1) is 0 Å². The van der Waals surface area contributed by atoms with Crippen molar-refractivity contribution < 1.29 is 18.3 Å². The van der Waals surface area contributed by atoms with E-state index in [2.05, 4.69) is 15.3 Å². The number of amides is 1. The average molecular weight is 364 g/mol. The lowest BCUT2D eigenvalue weighted by molar-refractivity contribution is -0.124. The van der Waals surface area contributed by atoms with Gasteiger partial charge in [-0.05, 0) is 23.8 Å². The number of hydrogen-bond donors (Lipinski definition) is 1. The molecule has 6 nitrogen and oxygen atoms in total. The van der Waals surface area contributed by atoms with Crippen molar-refractivity contribution in [3.05, 3.63) is 53.4 Å². The Bertz CT molecular complexity index is 765. The number of nitrogens with one attached hydrogen (secondary N) is 1. The molecule has 26 heavy (non-hydrogen) atoms. The molecule has 1 amide bonds. The number of fused-ring (bicyclic) bond motifs is 1. The normalized spacial score (nSPS) is 17.6. The van der Waals surface area contributed by atoms with E-state index in [-0.39, 0.29) is 18.4 Å². The summed E-state index contributed by atoms with van der Waals surface area (Å²) in [6, 6.07) is 5.92. The lowest BCUT2D eigenvalue weighted by atomic mass is 10.1. The van der Waals surface area contributed by atoms with Crippen LogP contribution in [0, 0.1) is 17.6 Å². The molecule has 1 atom stereocenters. The third-order valence-electron chi connectivity index (χ3n) is 4.39. The van der Waals surface area contributed by atoms with Gasteiger partial charge in [0.1, 0.15) is 6.61 Å². The Balaban J connectivity index is 1.70. The van der Waals surface area contributed by atoms with Crippen molar-refractivity contribution in [1.29, 1.82) is 0 Å². The zero-order valence-electron chi connectivity index (χ0n) is 14.6. The number of carbonyl (C=O) groups is 1. The van der Waals surface area contributed by atoms with Gasteiger partial charge in [-0.25, -0.2) is 8.78 Å². The second-order valence-electron chi connectivity index (χ2n) is 6.53. The molecule has 0 bridgehead atoms. The number of nitrogens with zero attached hydrogens (tertiary/aromatic N) is 3. The molecule has 1 aromatic carbocycles. The zero-order valence-corrected chi connectivity index (χ0v) is 14.6. The molecule has 1 aromatic heterocycles. The number of carbonyl (C=O) groups excluding carboxylic acids is 1. The molecule has 1 aliphatic heterocycles. The quantitative estimate of drug-likeness (QED) is 0.845. The summed E-state index contributed by atoms with van der Waals surface area (Å²) in [6.45, 7) is 3.06. The van der Waals surface area contributed by atoms with Crippen LogP contribution in [-0.4, -0.2) is 47.4 Å². The number of aromatic nitrogens is 2. The fourth-order valence-electron chi connectivity index (χ4n) is 3.21. The molecule has 0 saturated heterocycles. The van der Waals surface area contributed by atoms with Gasteiger partial charge in [-0.1, -0.05) is 6.07 Å². The predicted octanol–water partition coefficient (Wildman–Crippen LogP) is 1.56. The minimum Gasteiger partial charge on any atom is -0.375 e. The minimum atomic E-state index is -0.846. The molecule has 2 heterocycles. The van der Waals surface area contributed by atoms with Gasteiger partial charge < -0.3 is 10.1 Å². The van der Waals surface area contributed by atoms with Crippen LogP contribution in [-0.2, 0) is 29.2 Å². The van der Waals surface area contributed by atoms with Crippen molar-refractivity contribution in [3.8, 4) is 0 Å². The minimum absolute atomic E-state index is 0.0261. The Kier molecular flexibility index (Phi) is 5.95. The molecule has 0 fully saturated rings. The molecule has 1 N–H and O–H groups in total. The van der Waals surface area contributed by atoms with Crippen LogP contribution in [0.1, 0.15) is 11.3 Å². The summed E-state index contributed by atoms with van der Waals surface area (Å²) < 4.78 is 33.4. The molecule has 0 spiro atoms. The summed E-state index contributed by atoms with van der Waals surface area (Å²) in [5.41, 5.74) is 1.76. The van der Waals surface area contributed by atoms with E-state index in [1.165, 1.54) is 13.2 Å². The lowest BCUT2D eigenvalue weighted by Gasteiger charge is -2.24. The average Bonchev–Trinajstić information content (AvgIpc) is 2.96. The van der Waals surface area contributed by atoms with Gasteiger partial charge in [0.05, 0.1) is 5.69 Å². The van der Waals surface area contributed by atoms with Crippen LogP contribution in [0.2, 0.25) is 0 Å². The van der Waals surface area contributed by atoms with Gasteiger partial charge >= 0.3 is 0 Å². The summed E-state index contributed by atoms with van der Waals surface area (Å²) in [5.74, 6) is -1.71. The van der Waals surface area contributed by atoms with Crippen molar-refractivity contribution in [2.24, 2.45) is 5.92 Å². The number of ether oxygens (including phenoxy) is 1. The Morgan fingerprint density at radius 1 is 1.31 bits per heavy atom.